The van der Waals surface area contributed by atoms with Gasteiger partial charge >= 0.3 is 0 Å². The van der Waals surface area contributed by atoms with E-state index in [1.165, 1.54) is 17.0 Å². The Morgan fingerprint density at radius 3 is 2.32 bits per heavy atom. The number of benzene rings is 1. The number of carbonyl (C=O) groups is 2. The lowest BCUT2D eigenvalue weighted by Gasteiger charge is -2.24. The Labute approximate surface area is 133 Å². The Hall–Kier alpha value is -2.15. The maximum Gasteiger partial charge on any atom is 0.270 e. The summed E-state index contributed by atoms with van der Waals surface area (Å²) in [6, 6.07) is 2.87. The highest BCUT2D eigenvalue weighted by atomic mass is 35.5. The Balaban J connectivity index is 3.00. The van der Waals surface area contributed by atoms with Crippen LogP contribution in [-0.4, -0.2) is 41.8 Å². The van der Waals surface area contributed by atoms with Crippen molar-refractivity contribution in [1.82, 2.24) is 10.2 Å². The first-order valence-corrected chi connectivity index (χ1v) is 6.99. The molecule has 0 bridgehead atoms. The first-order valence-electron chi connectivity index (χ1n) is 6.61. The first-order chi connectivity index (χ1) is 10.1. The van der Waals surface area contributed by atoms with Gasteiger partial charge in [0.25, 0.3) is 11.6 Å². The Morgan fingerprint density at radius 1 is 1.32 bits per heavy atom. The fraction of sp³-hybridized carbons (Fsp3) is 0.429. The van der Waals surface area contributed by atoms with Crippen molar-refractivity contribution < 1.29 is 14.5 Å². The van der Waals surface area contributed by atoms with Crippen LogP contribution in [0.5, 0.6) is 0 Å². The van der Waals surface area contributed by atoms with E-state index in [9.17, 15) is 19.7 Å². The Morgan fingerprint density at radius 2 is 1.91 bits per heavy atom. The molecule has 1 aromatic rings. The molecular formula is C14H18ClN3O4. The fourth-order valence-corrected chi connectivity index (χ4v) is 2.07. The first kappa shape index (κ1) is 17.9. The number of hydrogen-bond donors (Lipinski definition) is 1. The van der Waals surface area contributed by atoms with Gasteiger partial charge < -0.3 is 10.2 Å². The van der Waals surface area contributed by atoms with Gasteiger partial charge in [-0.1, -0.05) is 25.4 Å². The number of amides is 2. The minimum absolute atomic E-state index is 0.0356. The molecule has 0 radical (unpaired) electrons. The number of non-ortho nitro benzene ring substituents is 1. The lowest BCUT2D eigenvalue weighted by atomic mass is 10.0. The molecule has 1 N–H and O–H groups in total. The average Bonchev–Trinajstić information content (AvgIpc) is 2.42. The molecule has 0 heterocycles. The fourth-order valence-electron chi connectivity index (χ4n) is 1.81. The summed E-state index contributed by atoms with van der Waals surface area (Å²) in [5.74, 6) is -0.897. The molecule has 1 rings (SSSR count). The second-order valence-corrected chi connectivity index (χ2v) is 5.76. The predicted molar refractivity (Wildman–Crippen MR) is 82.9 cm³/mol. The molecule has 7 nitrogen and oxygen atoms in total. The van der Waals surface area contributed by atoms with E-state index in [0.29, 0.717) is 0 Å². The summed E-state index contributed by atoms with van der Waals surface area (Å²) in [5.41, 5.74) is -0.115. The van der Waals surface area contributed by atoms with E-state index in [2.05, 4.69) is 5.32 Å². The van der Waals surface area contributed by atoms with Crippen LogP contribution < -0.4 is 5.32 Å². The van der Waals surface area contributed by atoms with Crippen LogP contribution in [0.1, 0.15) is 24.2 Å². The lowest BCUT2D eigenvalue weighted by molar-refractivity contribution is -0.384. The molecular weight excluding hydrogens is 310 g/mol. The van der Waals surface area contributed by atoms with Crippen LogP contribution in [0.25, 0.3) is 0 Å². The number of nitro groups is 1. The molecule has 8 heteroatoms. The largest absolute Gasteiger partial charge is 0.347 e. The average molecular weight is 328 g/mol. The van der Waals surface area contributed by atoms with Gasteiger partial charge in [0.2, 0.25) is 5.91 Å². The van der Waals surface area contributed by atoms with Crippen LogP contribution in [0.3, 0.4) is 0 Å². The molecule has 0 saturated heterocycles. The van der Waals surface area contributed by atoms with Crippen LogP contribution >= 0.6 is 11.6 Å². The summed E-state index contributed by atoms with van der Waals surface area (Å²) in [6.07, 6.45) is 0. The summed E-state index contributed by atoms with van der Waals surface area (Å²) in [6.45, 7) is 3.62. The quantitative estimate of drug-likeness (QED) is 0.662. The smallest absolute Gasteiger partial charge is 0.270 e. The highest BCUT2D eigenvalue weighted by Crippen LogP contribution is 2.22. The van der Waals surface area contributed by atoms with Crippen molar-refractivity contribution in [1.29, 1.82) is 0 Å². The van der Waals surface area contributed by atoms with Crippen LogP contribution in [0.2, 0.25) is 5.02 Å². The van der Waals surface area contributed by atoms with Crippen molar-refractivity contribution in [3.05, 3.63) is 38.9 Å². The third kappa shape index (κ3) is 4.17. The number of nitro benzene ring substituents is 1. The third-order valence-corrected chi connectivity index (χ3v) is 3.38. The van der Waals surface area contributed by atoms with E-state index in [4.69, 9.17) is 11.6 Å². The second-order valence-electron chi connectivity index (χ2n) is 5.35. The standard InChI is InChI=1S/C14H18ClN3O4/c1-8(2)12(14(20)17(3)4)16-13(19)10-6-5-9(18(21)22)7-11(10)15/h5-8,12H,1-4H3,(H,16,19). The Kier molecular flexibility index (Phi) is 5.87. The molecule has 1 unspecified atom stereocenters. The van der Waals surface area contributed by atoms with Crippen molar-refractivity contribution in [2.75, 3.05) is 14.1 Å². The Bertz CT molecular complexity index is 602. The van der Waals surface area contributed by atoms with Crippen molar-refractivity contribution in [2.24, 2.45) is 5.92 Å². The molecule has 0 aromatic heterocycles. The monoisotopic (exact) mass is 327 g/mol. The van der Waals surface area contributed by atoms with Crippen LogP contribution in [0.4, 0.5) is 5.69 Å². The van der Waals surface area contributed by atoms with Crippen LogP contribution in [0.15, 0.2) is 18.2 Å². The zero-order chi connectivity index (χ0) is 17.0. The molecule has 0 aliphatic heterocycles. The molecule has 0 aliphatic carbocycles. The van der Waals surface area contributed by atoms with Gasteiger partial charge in [-0.15, -0.1) is 0 Å². The number of rotatable bonds is 5. The topological polar surface area (TPSA) is 92.5 Å². The number of halogens is 1. The van der Waals surface area contributed by atoms with Gasteiger partial charge in [-0.05, 0) is 12.0 Å². The summed E-state index contributed by atoms with van der Waals surface area (Å²) in [4.78, 5) is 35.8. The maximum atomic E-state index is 12.3. The highest BCUT2D eigenvalue weighted by molar-refractivity contribution is 6.34. The van der Waals surface area contributed by atoms with Gasteiger partial charge in [0.1, 0.15) is 6.04 Å². The van der Waals surface area contributed by atoms with Crippen LogP contribution in [0, 0.1) is 16.0 Å². The number of carbonyl (C=O) groups excluding carboxylic acids is 2. The van der Waals surface area contributed by atoms with Gasteiger partial charge in [-0.3, -0.25) is 19.7 Å². The van der Waals surface area contributed by atoms with Gasteiger partial charge in [-0.2, -0.15) is 0 Å². The molecule has 2 amide bonds. The zero-order valence-electron chi connectivity index (χ0n) is 12.8. The SMILES string of the molecule is CC(C)C(NC(=O)c1ccc([N+](=O)[O-])cc1Cl)C(=O)N(C)C. The molecule has 0 aliphatic rings. The predicted octanol–water partition coefficient (Wildman–Crippen LogP) is 2.09. The van der Waals surface area contributed by atoms with Gasteiger partial charge in [-0.25, -0.2) is 0 Å². The van der Waals surface area contributed by atoms with Gasteiger partial charge in [0.05, 0.1) is 15.5 Å². The summed E-state index contributed by atoms with van der Waals surface area (Å²) in [5, 5.41) is 13.2. The van der Waals surface area contributed by atoms with E-state index >= 15 is 0 Å². The molecule has 0 spiro atoms. The van der Waals surface area contributed by atoms with Crippen molar-refractivity contribution >= 4 is 29.1 Å². The lowest BCUT2D eigenvalue weighted by Crippen LogP contribution is -2.49. The van der Waals surface area contributed by atoms with E-state index < -0.39 is 16.9 Å². The number of nitrogens with one attached hydrogen (secondary N) is 1. The molecule has 120 valence electrons. The summed E-state index contributed by atoms with van der Waals surface area (Å²) >= 11 is 5.91. The molecule has 1 aromatic carbocycles. The zero-order valence-corrected chi connectivity index (χ0v) is 13.5. The van der Waals surface area contributed by atoms with Gasteiger partial charge in [0.15, 0.2) is 0 Å². The molecule has 22 heavy (non-hydrogen) atoms. The third-order valence-electron chi connectivity index (χ3n) is 3.07. The molecule has 0 fully saturated rings. The minimum atomic E-state index is -0.700. The van der Waals surface area contributed by atoms with E-state index in [1.54, 1.807) is 14.1 Å². The van der Waals surface area contributed by atoms with Gasteiger partial charge in [0, 0.05) is 26.2 Å². The van der Waals surface area contributed by atoms with Crippen LogP contribution in [-0.2, 0) is 4.79 Å². The maximum absolute atomic E-state index is 12.3. The highest BCUT2D eigenvalue weighted by Gasteiger charge is 2.27. The number of hydrogen-bond acceptors (Lipinski definition) is 4. The second kappa shape index (κ2) is 7.22. The van der Waals surface area contributed by atoms with Crippen molar-refractivity contribution in [3.8, 4) is 0 Å². The number of likely N-dealkylation sites (N-methyl/N-ethyl adjacent to an activating group) is 1. The normalized spacial score (nSPS) is 11.9. The molecule has 1 atom stereocenters. The van der Waals surface area contributed by atoms with E-state index in [1.807, 2.05) is 13.8 Å². The minimum Gasteiger partial charge on any atom is -0.347 e. The number of nitrogens with zero attached hydrogens (tertiary/aromatic N) is 2. The molecule has 0 saturated carbocycles. The van der Waals surface area contributed by atoms with E-state index in [-0.39, 0.29) is 28.1 Å². The van der Waals surface area contributed by atoms with E-state index in [0.717, 1.165) is 6.07 Å². The summed E-state index contributed by atoms with van der Waals surface area (Å²) in [7, 11) is 3.20. The van der Waals surface area contributed by atoms with Crippen molar-refractivity contribution in [3.63, 3.8) is 0 Å². The summed E-state index contributed by atoms with van der Waals surface area (Å²) < 4.78 is 0. The van der Waals surface area contributed by atoms with Crippen molar-refractivity contribution in [2.45, 2.75) is 19.9 Å².